The minimum Gasteiger partial charge on any atom is -0.488 e. The molecular weight excluding hydrogens is 225 g/mol. The number of hydroxylamine groups is 1. The normalized spacial score (nSPS) is 17.9. The maximum absolute atomic E-state index is 13.0. The average Bonchev–Trinajstić information content (AvgIpc) is 2.70. The Morgan fingerprint density at radius 1 is 1.47 bits per heavy atom. The van der Waals surface area contributed by atoms with Gasteiger partial charge in [-0.3, -0.25) is 4.84 Å². The molecule has 1 aliphatic rings. The molecule has 1 aliphatic heterocycles. The van der Waals surface area contributed by atoms with E-state index in [9.17, 15) is 4.39 Å². The zero-order valence-electron chi connectivity index (χ0n) is 9.74. The molecule has 0 bridgehead atoms. The van der Waals surface area contributed by atoms with Crippen molar-refractivity contribution in [1.29, 1.82) is 0 Å². The van der Waals surface area contributed by atoms with E-state index in [0.717, 1.165) is 11.3 Å². The molecule has 1 heterocycles. The van der Waals surface area contributed by atoms with Gasteiger partial charge < -0.3 is 9.47 Å². The summed E-state index contributed by atoms with van der Waals surface area (Å²) in [6.45, 7) is 1.61. The number of benzene rings is 1. The van der Waals surface area contributed by atoms with E-state index in [1.54, 1.807) is 13.2 Å². The molecule has 0 aromatic heterocycles. The molecule has 0 saturated carbocycles. The van der Waals surface area contributed by atoms with Crippen LogP contribution in [0.4, 0.5) is 4.39 Å². The molecule has 4 nitrogen and oxygen atoms in total. The van der Waals surface area contributed by atoms with Crippen LogP contribution in [-0.4, -0.2) is 33.0 Å². The smallest absolute Gasteiger partial charge is 0.123 e. The first-order valence-electron chi connectivity index (χ1n) is 5.58. The predicted octanol–water partition coefficient (Wildman–Crippen LogP) is 1.30. The Labute approximate surface area is 99.6 Å². The van der Waals surface area contributed by atoms with Crippen molar-refractivity contribution < 1.29 is 18.7 Å². The third-order valence-corrected chi connectivity index (χ3v) is 2.57. The largest absolute Gasteiger partial charge is 0.488 e. The quantitative estimate of drug-likeness (QED) is 0.602. The van der Waals surface area contributed by atoms with Gasteiger partial charge in [0.05, 0.1) is 19.8 Å². The van der Waals surface area contributed by atoms with Crippen LogP contribution in [-0.2, 0) is 16.0 Å². The van der Waals surface area contributed by atoms with Crippen molar-refractivity contribution in [3.8, 4) is 5.75 Å². The fourth-order valence-corrected chi connectivity index (χ4v) is 1.75. The molecule has 1 aromatic rings. The first-order valence-corrected chi connectivity index (χ1v) is 5.58. The fourth-order valence-electron chi connectivity index (χ4n) is 1.75. The molecule has 0 spiro atoms. The molecule has 1 aromatic carbocycles. The van der Waals surface area contributed by atoms with Gasteiger partial charge in [-0.25, -0.2) is 4.39 Å². The molecule has 0 aliphatic carbocycles. The van der Waals surface area contributed by atoms with Crippen molar-refractivity contribution >= 4 is 0 Å². The Hall–Kier alpha value is -1.17. The molecule has 0 radical (unpaired) electrons. The van der Waals surface area contributed by atoms with Gasteiger partial charge in [0.25, 0.3) is 0 Å². The number of ether oxygens (including phenoxy) is 2. The van der Waals surface area contributed by atoms with Gasteiger partial charge in [0.2, 0.25) is 0 Å². The molecule has 0 saturated heterocycles. The van der Waals surface area contributed by atoms with Crippen molar-refractivity contribution in [3.05, 3.63) is 29.6 Å². The third kappa shape index (κ3) is 3.39. The van der Waals surface area contributed by atoms with Crippen LogP contribution >= 0.6 is 0 Å². The summed E-state index contributed by atoms with van der Waals surface area (Å²) in [5.74, 6) is 0.535. The van der Waals surface area contributed by atoms with E-state index in [-0.39, 0.29) is 11.9 Å². The molecule has 0 amide bonds. The first kappa shape index (κ1) is 12.3. The van der Waals surface area contributed by atoms with Crippen molar-refractivity contribution in [1.82, 2.24) is 5.48 Å². The summed E-state index contributed by atoms with van der Waals surface area (Å²) in [7, 11) is 1.62. The van der Waals surface area contributed by atoms with Gasteiger partial charge >= 0.3 is 0 Å². The van der Waals surface area contributed by atoms with E-state index in [1.165, 1.54) is 12.1 Å². The van der Waals surface area contributed by atoms with Crippen LogP contribution in [0.3, 0.4) is 0 Å². The molecular formula is C12H16FNO3. The minimum absolute atomic E-state index is 0.00524. The zero-order valence-corrected chi connectivity index (χ0v) is 9.74. The highest BCUT2D eigenvalue weighted by Crippen LogP contribution is 2.28. The number of hydrogen-bond donors (Lipinski definition) is 1. The molecule has 5 heteroatoms. The lowest BCUT2D eigenvalue weighted by Gasteiger charge is -2.11. The Kier molecular flexibility index (Phi) is 4.30. The lowest BCUT2D eigenvalue weighted by molar-refractivity contribution is -0.00532. The maximum atomic E-state index is 13.0. The Morgan fingerprint density at radius 2 is 2.35 bits per heavy atom. The van der Waals surface area contributed by atoms with Gasteiger partial charge in [0.1, 0.15) is 17.7 Å². The number of halogens is 1. The van der Waals surface area contributed by atoms with E-state index in [0.29, 0.717) is 26.2 Å². The zero-order chi connectivity index (χ0) is 12.1. The molecule has 1 N–H and O–H groups in total. The third-order valence-electron chi connectivity index (χ3n) is 2.57. The monoisotopic (exact) mass is 241 g/mol. The predicted molar refractivity (Wildman–Crippen MR) is 60.4 cm³/mol. The molecule has 94 valence electrons. The van der Waals surface area contributed by atoms with Crippen molar-refractivity contribution in [2.24, 2.45) is 0 Å². The topological polar surface area (TPSA) is 39.7 Å². The van der Waals surface area contributed by atoms with Crippen LogP contribution in [0.5, 0.6) is 5.75 Å². The lowest BCUT2D eigenvalue weighted by atomic mass is 10.1. The summed E-state index contributed by atoms with van der Waals surface area (Å²) in [6.07, 6.45) is 0.697. The van der Waals surface area contributed by atoms with Crippen LogP contribution in [0.2, 0.25) is 0 Å². The molecule has 17 heavy (non-hydrogen) atoms. The van der Waals surface area contributed by atoms with Gasteiger partial charge in [-0.2, -0.15) is 5.48 Å². The van der Waals surface area contributed by atoms with Gasteiger partial charge in [-0.1, -0.05) is 0 Å². The van der Waals surface area contributed by atoms with Gasteiger partial charge in [0, 0.05) is 19.1 Å². The van der Waals surface area contributed by atoms with Gasteiger partial charge in [-0.15, -0.1) is 0 Å². The van der Waals surface area contributed by atoms with Crippen LogP contribution in [0.15, 0.2) is 18.2 Å². The Balaban J connectivity index is 1.73. The highest BCUT2D eigenvalue weighted by Gasteiger charge is 2.22. The number of rotatable bonds is 6. The van der Waals surface area contributed by atoms with E-state index in [2.05, 4.69) is 5.48 Å². The minimum atomic E-state index is -0.225. The van der Waals surface area contributed by atoms with Gasteiger partial charge in [0.15, 0.2) is 0 Å². The number of nitrogens with one attached hydrogen (secondary N) is 1. The van der Waals surface area contributed by atoms with E-state index < -0.39 is 0 Å². The van der Waals surface area contributed by atoms with Crippen LogP contribution in [0.1, 0.15) is 5.56 Å². The van der Waals surface area contributed by atoms with Crippen LogP contribution in [0, 0.1) is 5.82 Å². The second-order valence-corrected chi connectivity index (χ2v) is 3.89. The molecule has 1 unspecified atom stereocenters. The summed E-state index contributed by atoms with van der Waals surface area (Å²) >= 11 is 0. The second kappa shape index (κ2) is 5.95. The molecule has 0 fully saturated rings. The Bertz CT molecular complexity index is 373. The average molecular weight is 241 g/mol. The van der Waals surface area contributed by atoms with Gasteiger partial charge in [-0.05, 0) is 18.2 Å². The summed E-state index contributed by atoms with van der Waals surface area (Å²) in [5.41, 5.74) is 3.72. The van der Waals surface area contributed by atoms with Crippen LogP contribution in [0.25, 0.3) is 0 Å². The van der Waals surface area contributed by atoms with Crippen molar-refractivity contribution in [2.75, 3.05) is 26.9 Å². The van der Waals surface area contributed by atoms with Crippen molar-refractivity contribution in [2.45, 2.75) is 12.5 Å². The summed E-state index contributed by atoms with van der Waals surface area (Å²) in [4.78, 5) is 5.13. The SMILES string of the molecule is COCCONCC1Cc2cc(F)ccc2O1. The van der Waals surface area contributed by atoms with Crippen molar-refractivity contribution in [3.63, 3.8) is 0 Å². The summed E-state index contributed by atoms with van der Waals surface area (Å²) < 4.78 is 23.4. The number of hydrogen-bond acceptors (Lipinski definition) is 4. The lowest BCUT2D eigenvalue weighted by Crippen LogP contribution is -2.31. The first-order chi connectivity index (χ1) is 8.29. The summed E-state index contributed by atoms with van der Waals surface area (Å²) in [6, 6.07) is 4.58. The number of methoxy groups -OCH3 is 1. The fraction of sp³-hybridized carbons (Fsp3) is 0.500. The Morgan fingerprint density at radius 3 is 3.18 bits per heavy atom. The maximum Gasteiger partial charge on any atom is 0.123 e. The standard InChI is InChI=1S/C12H16FNO3/c1-15-4-5-16-14-8-11-7-9-6-10(13)2-3-12(9)17-11/h2-3,6,11,14H,4-5,7-8H2,1H3. The van der Waals surface area contributed by atoms with Crippen LogP contribution < -0.4 is 10.2 Å². The van der Waals surface area contributed by atoms with E-state index in [4.69, 9.17) is 14.3 Å². The number of fused-ring (bicyclic) bond motifs is 1. The molecule has 2 rings (SSSR count). The molecule has 1 atom stereocenters. The van der Waals surface area contributed by atoms with E-state index >= 15 is 0 Å². The highest BCUT2D eigenvalue weighted by molar-refractivity contribution is 5.37. The highest BCUT2D eigenvalue weighted by atomic mass is 19.1. The van der Waals surface area contributed by atoms with E-state index in [1.807, 2.05) is 0 Å². The summed E-state index contributed by atoms with van der Waals surface area (Å²) in [5, 5.41) is 0. The second-order valence-electron chi connectivity index (χ2n) is 3.89.